The number of sulfonamides is 1. The Morgan fingerprint density at radius 2 is 2.06 bits per heavy atom. The number of aromatic amines is 1. The fourth-order valence-corrected chi connectivity index (χ4v) is 3.18. The van der Waals surface area contributed by atoms with Gasteiger partial charge in [0.1, 0.15) is 0 Å². The highest BCUT2D eigenvalue weighted by Crippen LogP contribution is 2.16. The highest BCUT2D eigenvalue weighted by Gasteiger charge is 2.14. The first-order valence-corrected chi connectivity index (χ1v) is 7.81. The number of thioether (sulfide) groups is 1. The van der Waals surface area contributed by atoms with Crippen molar-refractivity contribution in [3.8, 4) is 0 Å². The molecule has 0 fully saturated rings. The maximum atomic E-state index is 11.7. The number of H-pyrrole nitrogens is 1. The molecule has 18 heavy (non-hydrogen) atoms. The van der Waals surface area contributed by atoms with Crippen LogP contribution in [0.5, 0.6) is 0 Å². The van der Waals surface area contributed by atoms with E-state index in [4.69, 9.17) is 0 Å². The predicted molar refractivity (Wildman–Crippen MR) is 70.9 cm³/mol. The fraction of sp³-hybridized carbons (Fsp3) is 0.182. The minimum absolute atomic E-state index is 0.0900. The average Bonchev–Trinajstić information content (AvgIpc) is 2.91. The van der Waals surface area contributed by atoms with Gasteiger partial charge in [0.25, 0.3) is 10.0 Å². The van der Waals surface area contributed by atoms with Gasteiger partial charge in [0.15, 0.2) is 5.03 Å². The van der Waals surface area contributed by atoms with Gasteiger partial charge in [-0.25, -0.2) is 18.1 Å². The molecule has 2 rings (SSSR count). The van der Waals surface area contributed by atoms with Crippen LogP contribution in [0.2, 0.25) is 0 Å². The van der Waals surface area contributed by atoms with Crippen LogP contribution in [0.25, 0.3) is 0 Å². The first-order chi connectivity index (χ1) is 8.68. The van der Waals surface area contributed by atoms with Crippen molar-refractivity contribution >= 4 is 21.8 Å². The van der Waals surface area contributed by atoms with Gasteiger partial charge >= 0.3 is 0 Å². The number of benzene rings is 1. The summed E-state index contributed by atoms with van der Waals surface area (Å²) in [7, 11) is -3.45. The molecule has 0 aliphatic rings. The quantitative estimate of drug-likeness (QED) is 0.622. The first kappa shape index (κ1) is 13.1. The minimum atomic E-state index is -3.45. The van der Waals surface area contributed by atoms with E-state index in [1.807, 2.05) is 30.3 Å². The molecule has 0 unspecified atom stereocenters. The summed E-state index contributed by atoms with van der Waals surface area (Å²) >= 11 is 1.61. The fourth-order valence-electron chi connectivity index (χ4n) is 1.33. The van der Waals surface area contributed by atoms with Crippen LogP contribution in [-0.4, -0.2) is 30.7 Å². The molecule has 0 bridgehead atoms. The smallest absolute Gasteiger partial charge is 0.257 e. The van der Waals surface area contributed by atoms with E-state index in [1.54, 1.807) is 11.8 Å². The normalized spacial score (nSPS) is 11.6. The Kier molecular flexibility index (Phi) is 4.40. The molecule has 2 aromatic rings. The predicted octanol–water partition coefficient (Wildman–Crippen LogP) is 1.48. The Labute approximate surface area is 110 Å². The van der Waals surface area contributed by atoms with Gasteiger partial charge < -0.3 is 4.98 Å². The van der Waals surface area contributed by atoms with E-state index in [0.29, 0.717) is 12.3 Å². The molecule has 0 aliphatic heterocycles. The molecule has 0 spiro atoms. The second-order valence-electron chi connectivity index (χ2n) is 3.48. The standard InChI is InChI=1S/C11H13N3O2S2/c15-18(16,11-8-12-9-13-11)14-6-7-17-10-4-2-1-3-5-10/h1-5,8-9,14H,6-7H2,(H,12,13). The minimum Gasteiger partial charge on any atom is -0.335 e. The molecule has 2 N–H and O–H groups in total. The van der Waals surface area contributed by atoms with Gasteiger partial charge in [0.2, 0.25) is 0 Å². The lowest BCUT2D eigenvalue weighted by Crippen LogP contribution is -2.26. The van der Waals surface area contributed by atoms with Gasteiger partial charge in [-0.05, 0) is 12.1 Å². The largest absolute Gasteiger partial charge is 0.335 e. The van der Waals surface area contributed by atoms with Crippen LogP contribution in [0.3, 0.4) is 0 Å². The molecule has 1 aromatic heterocycles. The van der Waals surface area contributed by atoms with Crippen LogP contribution in [0.15, 0.2) is 52.8 Å². The zero-order valence-corrected chi connectivity index (χ0v) is 11.2. The molecule has 0 atom stereocenters. The molecular weight excluding hydrogens is 270 g/mol. The van der Waals surface area contributed by atoms with E-state index in [-0.39, 0.29) is 5.03 Å². The monoisotopic (exact) mass is 283 g/mol. The van der Waals surface area contributed by atoms with E-state index in [9.17, 15) is 8.42 Å². The van der Waals surface area contributed by atoms with Crippen LogP contribution >= 0.6 is 11.8 Å². The van der Waals surface area contributed by atoms with Gasteiger partial charge in [0, 0.05) is 17.2 Å². The molecule has 0 saturated carbocycles. The Bertz CT molecular complexity index is 568. The zero-order chi connectivity index (χ0) is 12.8. The zero-order valence-electron chi connectivity index (χ0n) is 9.54. The molecular formula is C11H13N3O2S2. The van der Waals surface area contributed by atoms with Gasteiger partial charge in [0.05, 0.1) is 12.5 Å². The maximum absolute atomic E-state index is 11.7. The van der Waals surface area contributed by atoms with Crippen LogP contribution in [0.1, 0.15) is 0 Å². The number of nitrogens with zero attached hydrogens (tertiary/aromatic N) is 1. The molecule has 96 valence electrons. The second-order valence-corrected chi connectivity index (χ2v) is 6.38. The van der Waals surface area contributed by atoms with E-state index in [0.717, 1.165) is 4.90 Å². The summed E-state index contributed by atoms with van der Waals surface area (Å²) in [5.41, 5.74) is 0. The SMILES string of the molecule is O=S(=O)(NCCSc1ccccc1)c1cnc[nH]1. The highest BCUT2D eigenvalue weighted by atomic mass is 32.2. The lowest BCUT2D eigenvalue weighted by molar-refractivity contribution is 0.581. The average molecular weight is 283 g/mol. The molecule has 0 radical (unpaired) electrons. The molecule has 0 saturated heterocycles. The van der Waals surface area contributed by atoms with Crippen molar-refractivity contribution in [2.24, 2.45) is 0 Å². The van der Waals surface area contributed by atoms with Crippen LogP contribution in [0, 0.1) is 0 Å². The van der Waals surface area contributed by atoms with Crippen molar-refractivity contribution in [1.29, 1.82) is 0 Å². The highest BCUT2D eigenvalue weighted by molar-refractivity contribution is 7.99. The molecule has 7 heteroatoms. The summed E-state index contributed by atoms with van der Waals surface area (Å²) in [5.74, 6) is 0.678. The Morgan fingerprint density at radius 3 is 2.72 bits per heavy atom. The van der Waals surface area contributed by atoms with Crippen molar-refractivity contribution in [3.63, 3.8) is 0 Å². The lowest BCUT2D eigenvalue weighted by Gasteiger charge is -2.04. The number of aromatic nitrogens is 2. The Balaban J connectivity index is 1.79. The molecule has 1 aromatic carbocycles. The van der Waals surface area contributed by atoms with Gasteiger partial charge in [-0.2, -0.15) is 0 Å². The van der Waals surface area contributed by atoms with Crippen molar-refractivity contribution in [3.05, 3.63) is 42.9 Å². The topological polar surface area (TPSA) is 74.8 Å². The number of imidazole rings is 1. The number of hydrogen-bond donors (Lipinski definition) is 2. The number of rotatable bonds is 6. The van der Waals surface area contributed by atoms with Crippen molar-refractivity contribution in [2.75, 3.05) is 12.3 Å². The van der Waals surface area contributed by atoms with E-state index in [2.05, 4.69) is 14.7 Å². The third-order valence-corrected chi connectivity index (χ3v) is 4.57. The third kappa shape index (κ3) is 3.59. The maximum Gasteiger partial charge on any atom is 0.257 e. The second kappa shape index (κ2) is 6.03. The van der Waals surface area contributed by atoms with Crippen LogP contribution < -0.4 is 4.72 Å². The molecule has 0 aliphatic carbocycles. The summed E-state index contributed by atoms with van der Waals surface area (Å²) in [6, 6.07) is 9.85. The number of hydrogen-bond acceptors (Lipinski definition) is 4. The van der Waals surface area contributed by atoms with Gasteiger partial charge in [-0.15, -0.1) is 11.8 Å². The summed E-state index contributed by atoms with van der Waals surface area (Å²) < 4.78 is 25.9. The van der Waals surface area contributed by atoms with Crippen LogP contribution in [0.4, 0.5) is 0 Å². The lowest BCUT2D eigenvalue weighted by atomic mass is 10.4. The summed E-state index contributed by atoms with van der Waals surface area (Å²) in [5, 5.41) is 0.0900. The van der Waals surface area contributed by atoms with Gasteiger partial charge in [-0.1, -0.05) is 18.2 Å². The number of nitrogens with one attached hydrogen (secondary N) is 2. The van der Waals surface area contributed by atoms with Crippen molar-refractivity contribution in [2.45, 2.75) is 9.92 Å². The third-order valence-electron chi connectivity index (χ3n) is 2.17. The first-order valence-electron chi connectivity index (χ1n) is 5.34. The summed E-state index contributed by atoms with van der Waals surface area (Å²) in [6.45, 7) is 0.376. The summed E-state index contributed by atoms with van der Waals surface area (Å²) in [4.78, 5) is 7.38. The van der Waals surface area contributed by atoms with Gasteiger partial charge in [-0.3, -0.25) is 0 Å². The van der Waals surface area contributed by atoms with E-state index < -0.39 is 10.0 Å². The van der Waals surface area contributed by atoms with Crippen LogP contribution in [-0.2, 0) is 10.0 Å². The van der Waals surface area contributed by atoms with E-state index >= 15 is 0 Å². The molecule has 1 heterocycles. The van der Waals surface area contributed by atoms with E-state index in [1.165, 1.54) is 12.5 Å². The van der Waals surface area contributed by atoms with Crippen molar-refractivity contribution in [1.82, 2.24) is 14.7 Å². The Hall–Kier alpha value is -1.31. The van der Waals surface area contributed by atoms with Crippen molar-refractivity contribution < 1.29 is 8.42 Å². The molecule has 5 nitrogen and oxygen atoms in total. The Morgan fingerprint density at radius 1 is 1.28 bits per heavy atom. The molecule has 0 amide bonds. The summed E-state index contributed by atoms with van der Waals surface area (Å²) in [6.07, 6.45) is 2.62.